The van der Waals surface area contributed by atoms with Gasteiger partial charge in [-0.15, -0.1) is 0 Å². The summed E-state index contributed by atoms with van der Waals surface area (Å²) in [7, 11) is 1.62. The number of aryl methyl sites for hydroxylation is 1. The average molecular weight is 318 g/mol. The third-order valence-corrected chi connectivity index (χ3v) is 3.39. The minimum Gasteiger partial charge on any atom is -0.496 e. The van der Waals surface area contributed by atoms with Gasteiger partial charge in [0, 0.05) is 25.6 Å². The second-order valence-corrected chi connectivity index (χ2v) is 5.74. The van der Waals surface area contributed by atoms with Gasteiger partial charge in [0.25, 0.3) is 0 Å². The number of nitrogens with zero attached hydrogens (tertiary/aromatic N) is 1. The highest BCUT2D eigenvalue weighted by molar-refractivity contribution is 5.87. The first kappa shape index (κ1) is 18.7. The fourth-order valence-corrected chi connectivity index (χ4v) is 2.21. The van der Waals surface area contributed by atoms with Gasteiger partial charge in [-0.3, -0.25) is 9.59 Å². The Hall–Kier alpha value is -2.30. The van der Waals surface area contributed by atoms with Crippen LogP contribution in [0.3, 0.4) is 0 Å². The van der Waals surface area contributed by atoms with Crippen LogP contribution in [0.4, 0.5) is 0 Å². The van der Waals surface area contributed by atoms with E-state index < -0.39 is 0 Å². The third kappa shape index (κ3) is 6.14. The van der Waals surface area contributed by atoms with E-state index in [0.29, 0.717) is 13.1 Å². The van der Waals surface area contributed by atoms with Gasteiger partial charge < -0.3 is 15.0 Å². The Labute approximate surface area is 138 Å². The summed E-state index contributed by atoms with van der Waals surface area (Å²) < 4.78 is 5.31. The first-order chi connectivity index (χ1) is 10.9. The molecule has 1 aromatic rings. The van der Waals surface area contributed by atoms with Gasteiger partial charge in [-0.05, 0) is 44.0 Å². The van der Waals surface area contributed by atoms with Gasteiger partial charge in [0.1, 0.15) is 5.75 Å². The molecule has 0 aromatic heterocycles. The molecule has 1 N–H and O–H groups in total. The molecule has 0 fully saturated rings. The monoisotopic (exact) mass is 318 g/mol. The molecule has 0 aliphatic rings. The van der Waals surface area contributed by atoms with Crippen molar-refractivity contribution in [3.05, 3.63) is 42.0 Å². The lowest BCUT2D eigenvalue weighted by molar-refractivity contribution is -0.127. The topological polar surface area (TPSA) is 58.6 Å². The Balaban J connectivity index is 2.77. The van der Waals surface area contributed by atoms with E-state index in [-0.39, 0.29) is 24.3 Å². The van der Waals surface area contributed by atoms with Crippen molar-refractivity contribution in [2.45, 2.75) is 39.8 Å². The van der Waals surface area contributed by atoms with Gasteiger partial charge in [0.05, 0.1) is 7.11 Å². The highest BCUT2D eigenvalue weighted by Gasteiger charge is 2.14. The van der Waals surface area contributed by atoms with E-state index in [4.69, 9.17) is 4.74 Å². The molecule has 0 unspecified atom stereocenters. The largest absolute Gasteiger partial charge is 0.496 e. The standard InChI is InChI=1S/C18H26N2O3/c1-6-18(22)20(10-9-17(21)19-13(2)3)12-15-8-7-14(4)16(11-15)23-5/h6-8,11,13H,1,9-10,12H2,2-5H3,(H,19,21). The number of hydrogen-bond acceptors (Lipinski definition) is 3. The SMILES string of the molecule is C=CC(=O)N(CCC(=O)NC(C)C)Cc1ccc(C)c(OC)c1. The second kappa shape index (κ2) is 8.98. The van der Waals surface area contributed by atoms with Crippen molar-refractivity contribution in [3.8, 4) is 5.75 Å². The molecule has 0 aliphatic heterocycles. The lowest BCUT2D eigenvalue weighted by atomic mass is 10.1. The number of rotatable bonds is 8. The number of methoxy groups -OCH3 is 1. The predicted octanol–water partition coefficient (Wildman–Crippen LogP) is 2.43. The van der Waals surface area contributed by atoms with Crippen LogP contribution in [-0.4, -0.2) is 36.4 Å². The van der Waals surface area contributed by atoms with Crippen LogP contribution >= 0.6 is 0 Å². The molecule has 0 aliphatic carbocycles. The highest BCUT2D eigenvalue weighted by atomic mass is 16.5. The first-order valence-electron chi connectivity index (χ1n) is 7.71. The molecule has 0 atom stereocenters. The minimum atomic E-state index is -0.193. The zero-order chi connectivity index (χ0) is 17.4. The van der Waals surface area contributed by atoms with E-state index in [2.05, 4.69) is 11.9 Å². The van der Waals surface area contributed by atoms with E-state index in [1.807, 2.05) is 39.0 Å². The van der Waals surface area contributed by atoms with E-state index in [1.54, 1.807) is 12.0 Å². The molecule has 0 saturated heterocycles. The molecule has 0 bridgehead atoms. The normalized spacial score (nSPS) is 10.3. The van der Waals surface area contributed by atoms with Crippen LogP contribution < -0.4 is 10.1 Å². The van der Waals surface area contributed by atoms with Gasteiger partial charge in [0.2, 0.25) is 11.8 Å². The Bertz CT molecular complexity index is 567. The second-order valence-electron chi connectivity index (χ2n) is 5.74. The van der Waals surface area contributed by atoms with Crippen molar-refractivity contribution in [1.82, 2.24) is 10.2 Å². The van der Waals surface area contributed by atoms with Gasteiger partial charge in [0.15, 0.2) is 0 Å². The van der Waals surface area contributed by atoms with Crippen molar-refractivity contribution in [2.24, 2.45) is 0 Å². The smallest absolute Gasteiger partial charge is 0.246 e. The van der Waals surface area contributed by atoms with Crippen LogP contribution in [-0.2, 0) is 16.1 Å². The lowest BCUT2D eigenvalue weighted by Gasteiger charge is -2.22. The summed E-state index contributed by atoms with van der Waals surface area (Å²) in [6, 6.07) is 5.91. The fraction of sp³-hybridized carbons (Fsp3) is 0.444. The average Bonchev–Trinajstić information content (AvgIpc) is 2.51. The first-order valence-corrected chi connectivity index (χ1v) is 7.71. The third-order valence-electron chi connectivity index (χ3n) is 3.39. The summed E-state index contributed by atoms with van der Waals surface area (Å²) in [4.78, 5) is 25.4. The van der Waals surface area contributed by atoms with Crippen molar-refractivity contribution >= 4 is 11.8 Å². The molecule has 0 spiro atoms. The molecule has 2 amide bonds. The Morgan fingerprint density at radius 1 is 1.39 bits per heavy atom. The van der Waals surface area contributed by atoms with Gasteiger partial charge in [-0.25, -0.2) is 0 Å². The highest BCUT2D eigenvalue weighted by Crippen LogP contribution is 2.20. The Morgan fingerprint density at radius 2 is 2.09 bits per heavy atom. The summed E-state index contributed by atoms with van der Waals surface area (Å²) in [5.74, 6) is 0.524. The number of carbonyl (C=O) groups excluding carboxylic acids is 2. The summed E-state index contributed by atoms with van der Waals surface area (Å²) in [6.45, 7) is 10.1. The Morgan fingerprint density at radius 3 is 2.65 bits per heavy atom. The van der Waals surface area contributed by atoms with Crippen LogP contribution in [0.25, 0.3) is 0 Å². The molecular formula is C18H26N2O3. The summed E-state index contributed by atoms with van der Waals surface area (Å²) in [5.41, 5.74) is 1.99. The Kier molecular flexibility index (Phi) is 7.32. The molecule has 1 rings (SSSR count). The van der Waals surface area contributed by atoms with Crippen molar-refractivity contribution in [3.63, 3.8) is 0 Å². The quantitative estimate of drug-likeness (QED) is 0.749. The molecule has 0 radical (unpaired) electrons. The molecule has 5 heteroatoms. The van der Waals surface area contributed by atoms with Gasteiger partial charge in [-0.1, -0.05) is 18.7 Å². The van der Waals surface area contributed by atoms with Crippen LogP contribution in [0.15, 0.2) is 30.9 Å². The summed E-state index contributed by atoms with van der Waals surface area (Å²) in [6.07, 6.45) is 1.53. The van der Waals surface area contributed by atoms with Crippen LogP contribution in [0, 0.1) is 6.92 Å². The maximum atomic E-state index is 12.0. The van der Waals surface area contributed by atoms with E-state index in [1.165, 1.54) is 6.08 Å². The molecule has 0 saturated carbocycles. The molecule has 126 valence electrons. The number of ether oxygens (including phenoxy) is 1. The van der Waals surface area contributed by atoms with Gasteiger partial charge in [-0.2, -0.15) is 0 Å². The maximum absolute atomic E-state index is 12.0. The maximum Gasteiger partial charge on any atom is 0.246 e. The minimum absolute atomic E-state index is 0.0663. The zero-order valence-corrected chi connectivity index (χ0v) is 14.4. The van der Waals surface area contributed by atoms with E-state index >= 15 is 0 Å². The number of benzene rings is 1. The van der Waals surface area contributed by atoms with E-state index in [9.17, 15) is 9.59 Å². The van der Waals surface area contributed by atoms with Crippen LogP contribution in [0.5, 0.6) is 5.75 Å². The van der Waals surface area contributed by atoms with Crippen LogP contribution in [0.2, 0.25) is 0 Å². The van der Waals surface area contributed by atoms with Crippen molar-refractivity contribution in [1.29, 1.82) is 0 Å². The number of hydrogen-bond donors (Lipinski definition) is 1. The summed E-state index contributed by atoms with van der Waals surface area (Å²) >= 11 is 0. The number of carbonyl (C=O) groups is 2. The zero-order valence-electron chi connectivity index (χ0n) is 14.4. The predicted molar refractivity (Wildman–Crippen MR) is 91.2 cm³/mol. The van der Waals surface area contributed by atoms with Gasteiger partial charge >= 0.3 is 0 Å². The molecule has 23 heavy (non-hydrogen) atoms. The van der Waals surface area contributed by atoms with Crippen molar-refractivity contribution < 1.29 is 14.3 Å². The molecular weight excluding hydrogens is 292 g/mol. The molecule has 5 nitrogen and oxygen atoms in total. The van der Waals surface area contributed by atoms with E-state index in [0.717, 1.165) is 16.9 Å². The summed E-state index contributed by atoms with van der Waals surface area (Å²) in [5, 5.41) is 2.82. The van der Waals surface area contributed by atoms with Crippen molar-refractivity contribution in [2.75, 3.05) is 13.7 Å². The number of amides is 2. The fourth-order valence-electron chi connectivity index (χ4n) is 2.21. The lowest BCUT2D eigenvalue weighted by Crippen LogP contribution is -2.36. The van der Waals surface area contributed by atoms with Crippen LogP contribution in [0.1, 0.15) is 31.4 Å². The molecule has 1 aromatic carbocycles. The molecule has 0 heterocycles. The number of nitrogens with one attached hydrogen (secondary N) is 1.